The van der Waals surface area contributed by atoms with E-state index >= 15 is 0 Å². The summed E-state index contributed by atoms with van der Waals surface area (Å²) in [5.74, 6) is -0.525. The van der Waals surface area contributed by atoms with Crippen LogP contribution < -0.4 is 0 Å². The summed E-state index contributed by atoms with van der Waals surface area (Å²) in [6, 6.07) is 6.33. The number of hydrogen-bond acceptors (Lipinski definition) is 5. The quantitative estimate of drug-likeness (QED) is 0.806. The predicted molar refractivity (Wildman–Crippen MR) is 77.2 cm³/mol. The molecule has 6 nitrogen and oxygen atoms in total. The van der Waals surface area contributed by atoms with Gasteiger partial charge in [-0.3, -0.25) is 0 Å². The van der Waals surface area contributed by atoms with Gasteiger partial charge < -0.3 is 9.84 Å². The molecule has 1 heterocycles. The maximum atomic E-state index is 12.3. The standard InChI is InChI=1S/C14H19NO5S/c1-20-14(17)13-4-2-11(3-5-13)10-21(18,19)15-7-6-12(8-15)9-16/h2-5,12,16H,6-10H2,1H3. The Balaban J connectivity index is 2.05. The highest BCUT2D eigenvalue weighted by Gasteiger charge is 2.30. The first kappa shape index (κ1) is 15.9. The first-order chi connectivity index (χ1) is 9.96. The van der Waals surface area contributed by atoms with E-state index in [2.05, 4.69) is 4.74 Å². The van der Waals surface area contributed by atoms with Crippen LogP contribution in [0.3, 0.4) is 0 Å². The highest BCUT2D eigenvalue weighted by Crippen LogP contribution is 2.21. The van der Waals surface area contributed by atoms with Crippen molar-refractivity contribution < 1.29 is 23.1 Å². The topological polar surface area (TPSA) is 83.9 Å². The molecular formula is C14H19NO5S. The van der Waals surface area contributed by atoms with Crippen LogP contribution in [-0.4, -0.2) is 50.6 Å². The number of carbonyl (C=O) groups is 1. The molecule has 0 saturated carbocycles. The molecule has 1 aromatic rings. The Hall–Kier alpha value is -1.44. The third-order valence-electron chi connectivity index (χ3n) is 3.62. The molecule has 21 heavy (non-hydrogen) atoms. The molecular weight excluding hydrogens is 294 g/mol. The van der Waals surface area contributed by atoms with Crippen molar-refractivity contribution in [2.75, 3.05) is 26.8 Å². The normalized spacial score (nSPS) is 19.6. The van der Waals surface area contributed by atoms with Crippen molar-refractivity contribution in [1.29, 1.82) is 0 Å². The van der Waals surface area contributed by atoms with Crippen molar-refractivity contribution in [3.05, 3.63) is 35.4 Å². The minimum Gasteiger partial charge on any atom is -0.465 e. The van der Waals surface area contributed by atoms with Crippen molar-refractivity contribution in [2.45, 2.75) is 12.2 Å². The van der Waals surface area contributed by atoms with Gasteiger partial charge in [-0.15, -0.1) is 0 Å². The molecule has 1 fully saturated rings. The van der Waals surface area contributed by atoms with E-state index in [-0.39, 0.29) is 18.3 Å². The van der Waals surface area contributed by atoms with Crippen molar-refractivity contribution in [2.24, 2.45) is 5.92 Å². The van der Waals surface area contributed by atoms with Gasteiger partial charge in [0.1, 0.15) is 0 Å². The highest BCUT2D eigenvalue weighted by molar-refractivity contribution is 7.88. The van der Waals surface area contributed by atoms with Crippen LogP contribution in [0.5, 0.6) is 0 Å². The van der Waals surface area contributed by atoms with Crippen LogP contribution in [0.2, 0.25) is 0 Å². The van der Waals surface area contributed by atoms with E-state index < -0.39 is 16.0 Å². The third kappa shape index (κ3) is 3.81. The number of rotatable bonds is 5. The van der Waals surface area contributed by atoms with Crippen molar-refractivity contribution in [3.63, 3.8) is 0 Å². The summed E-state index contributed by atoms with van der Waals surface area (Å²) in [5, 5.41) is 9.08. The molecule has 1 N–H and O–H groups in total. The minimum absolute atomic E-state index is 0.0137. The number of nitrogens with zero attached hydrogens (tertiary/aromatic N) is 1. The lowest BCUT2D eigenvalue weighted by molar-refractivity contribution is 0.0600. The molecule has 1 aliphatic rings. The number of esters is 1. The first-order valence-electron chi connectivity index (χ1n) is 6.72. The molecule has 1 atom stereocenters. The second kappa shape index (κ2) is 6.55. The summed E-state index contributed by atoms with van der Waals surface area (Å²) in [6.45, 7) is 0.840. The molecule has 0 amide bonds. The Kier molecular flexibility index (Phi) is 4.97. The van der Waals surface area contributed by atoms with Gasteiger partial charge in [0.15, 0.2) is 0 Å². The lowest BCUT2D eigenvalue weighted by Crippen LogP contribution is -2.30. The van der Waals surface area contributed by atoms with E-state index in [0.717, 1.165) is 0 Å². The van der Waals surface area contributed by atoms with Crippen LogP contribution in [0.25, 0.3) is 0 Å². The van der Waals surface area contributed by atoms with Crippen LogP contribution in [0.15, 0.2) is 24.3 Å². The smallest absolute Gasteiger partial charge is 0.337 e. The van der Waals surface area contributed by atoms with Gasteiger partial charge in [0.2, 0.25) is 10.0 Å². The van der Waals surface area contributed by atoms with Crippen LogP contribution in [0.1, 0.15) is 22.3 Å². The maximum absolute atomic E-state index is 12.3. The average molecular weight is 313 g/mol. The summed E-state index contributed by atoms with van der Waals surface area (Å²) >= 11 is 0. The number of ether oxygens (including phenoxy) is 1. The van der Waals surface area contributed by atoms with Gasteiger partial charge in [-0.1, -0.05) is 12.1 Å². The number of sulfonamides is 1. The van der Waals surface area contributed by atoms with Gasteiger partial charge in [-0.05, 0) is 30.0 Å². The summed E-state index contributed by atoms with van der Waals surface area (Å²) in [5.41, 5.74) is 1.01. The Bertz CT molecular complexity index is 596. The molecule has 0 bridgehead atoms. The Morgan fingerprint density at radius 2 is 2.05 bits per heavy atom. The largest absolute Gasteiger partial charge is 0.465 e. The number of carbonyl (C=O) groups excluding carboxylic acids is 1. The molecule has 116 valence electrons. The number of benzene rings is 1. The number of aliphatic hydroxyl groups is 1. The second-order valence-electron chi connectivity index (χ2n) is 5.14. The minimum atomic E-state index is -3.39. The van der Waals surface area contributed by atoms with Gasteiger partial charge in [0, 0.05) is 19.7 Å². The van der Waals surface area contributed by atoms with Crippen LogP contribution in [0.4, 0.5) is 0 Å². The molecule has 1 aromatic carbocycles. The third-order valence-corrected chi connectivity index (χ3v) is 5.44. The predicted octanol–water partition coefficient (Wildman–Crippen LogP) is 0.617. The SMILES string of the molecule is COC(=O)c1ccc(CS(=O)(=O)N2CCC(CO)C2)cc1. The lowest BCUT2D eigenvalue weighted by atomic mass is 10.1. The molecule has 1 saturated heterocycles. The second-order valence-corrected chi connectivity index (χ2v) is 7.11. The van der Waals surface area contributed by atoms with Gasteiger partial charge in [-0.25, -0.2) is 17.5 Å². The summed E-state index contributed by atoms with van der Waals surface area (Å²) in [7, 11) is -2.09. The Labute approximate surface area is 124 Å². The van der Waals surface area contributed by atoms with Gasteiger partial charge >= 0.3 is 5.97 Å². The van der Waals surface area contributed by atoms with E-state index in [0.29, 0.717) is 30.6 Å². The van der Waals surface area contributed by atoms with Crippen molar-refractivity contribution in [3.8, 4) is 0 Å². The zero-order chi connectivity index (χ0) is 15.5. The molecule has 7 heteroatoms. The zero-order valence-electron chi connectivity index (χ0n) is 11.9. The zero-order valence-corrected chi connectivity index (χ0v) is 12.7. The number of methoxy groups -OCH3 is 1. The van der Waals surface area contributed by atoms with E-state index in [1.54, 1.807) is 24.3 Å². The van der Waals surface area contributed by atoms with Crippen LogP contribution in [-0.2, 0) is 20.5 Å². The van der Waals surface area contributed by atoms with E-state index in [4.69, 9.17) is 5.11 Å². The molecule has 0 aromatic heterocycles. The van der Waals surface area contributed by atoms with Crippen molar-refractivity contribution in [1.82, 2.24) is 4.31 Å². The van der Waals surface area contributed by atoms with E-state index in [1.807, 2.05) is 0 Å². The molecule has 0 radical (unpaired) electrons. The van der Waals surface area contributed by atoms with E-state index in [1.165, 1.54) is 11.4 Å². The van der Waals surface area contributed by atoms with Crippen molar-refractivity contribution >= 4 is 16.0 Å². The lowest BCUT2D eigenvalue weighted by Gasteiger charge is -2.16. The fraction of sp³-hybridized carbons (Fsp3) is 0.500. The fourth-order valence-corrected chi connectivity index (χ4v) is 3.97. The number of aliphatic hydroxyl groups excluding tert-OH is 1. The molecule has 1 aliphatic heterocycles. The molecule has 1 unspecified atom stereocenters. The average Bonchev–Trinajstić information content (AvgIpc) is 2.96. The fourth-order valence-electron chi connectivity index (χ4n) is 2.36. The summed E-state index contributed by atoms with van der Waals surface area (Å²) in [4.78, 5) is 11.3. The Morgan fingerprint density at radius 3 is 2.57 bits per heavy atom. The Morgan fingerprint density at radius 1 is 1.38 bits per heavy atom. The molecule has 0 aliphatic carbocycles. The van der Waals surface area contributed by atoms with Crippen LogP contribution in [0, 0.1) is 5.92 Å². The van der Waals surface area contributed by atoms with Crippen LogP contribution >= 0.6 is 0 Å². The van der Waals surface area contributed by atoms with Gasteiger partial charge in [0.05, 0.1) is 18.4 Å². The maximum Gasteiger partial charge on any atom is 0.337 e. The molecule has 2 rings (SSSR count). The molecule has 0 spiro atoms. The van der Waals surface area contributed by atoms with Gasteiger partial charge in [0.25, 0.3) is 0 Å². The van der Waals surface area contributed by atoms with Gasteiger partial charge in [-0.2, -0.15) is 0 Å². The van der Waals surface area contributed by atoms with E-state index in [9.17, 15) is 13.2 Å². The summed E-state index contributed by atoms with van der Waals surface area (Å²) < 4.78 is 30.6. The number of hydrogen-bond donors (Lipinski definition) is 1. The summed E-state index contributed by atoms with van der Waals surface area (Å²) in [6.07, 6.45) is 0.691. The first-order valence-corrected chi connectivity index (χ1v) is 8.33. The highest BCUT2D eigenvalue weighted by atomic mass is 32.2. The monoisotopic (exact) mass is 313 g/mol.